The molecule has 17 heavy (non-hydrogen) atoms. The molecular formula is C14H25NO2. The predicted molar refractivity (Wildman–Crippen MR) is 68.0 cm³/mol. The van der Waals surface area contributed by atoms with Gasteiger partial charge in [-0.1, -0.05) is 26.2 Å². The van der Waals surface area contributed by atoms with Crippen LogP contribution in [-0.4, -0.2) is 34.1 Å². The van der Waals surface area contributed by atoms with Crippen molar-refractivity contribution in [1.29, 1.82) is 0 Å². The Labute approximate surface area is 104 Å². The highest BCUT2D eigenvalue weighted by molar-refractivity contribution is 5.79. The lowest BCUT2D eigenvalue weighted by Crippen LogP contribution is -2.61. The second-order valence-electron chi connectivity index (χ2n) is 6.08. The number of rotatable bonds is 2. The first-order chi connectivity index (χ1) is 8.06. The Morgan fingerprint density at radius 1 is 1.24 bits per heavy atom. The monoisotopic (exact) mass is 239 g/mol. The average Bonchev–Trinajstić information content (AvgIpc) is 2.29. The summed E-state index contributed by atoms with van der Waals surface area (Å²) in [7, 11) is 0. The van der Waals surface area contributed by atoms with Crippen LogP contribution >= 0.6 is 0 Å². The first kappa shape index (κ1) is 12.9. The third kappa shape index (κ3) is 2.35. The van der Waals surface area contributed by atoms with Crippen LogP contribution < -0.4 is 0 Å². The van der Waals surface area contributed by atoms with E-state index in [9.17, 15) is 9.90 Å². The van der Waals surface area contributed by atoms with Crippen molar-refractivity contribution in [3.63, 3.8) is 0 Å². The minimum Gasteiger partial charge on any atom is -0.480 e. The van der Waals surface area contributed by atoms with Crippen molar-refractivity contribution in [3.8, 4) is 0 Å². The molecule has 98 valence electrons. The number of hydrogen-bond donors (Lipinski definition) is 1. The van der Waals surface area contributed by atoms with Crippen LogP contribution in [-0.2, 0) is 4.79 Å². The molecule has 2 rings (SSSR count). The molecule has 0 aromatic heterocycles. The van der Waals surface area contributed by atoms with E-state index in [1.54, 1.807) is 0 Å². The van der Waals surface area contributed by atoms with Crippen LogP contribution in [0.2, 0.25) is 0 Å². The lowest BCUT2D eigenvalue weighted by molar-refractivity contribution is -0.159. The molecule has 1 aliphatic heterocycles. The topological polar surface area (TPSA) is 40.5 Å². The second-order valence-corrected chi connectivity index (χ2v) is 6.08. The Morgan fingerprint density at radius 2 is 2.00 bits per heavy atom. The minimum atomic E-state index is -0.585. The van der Waals surface area contributed by atoms with Crippen molar-refractivity contribution in [1.82, 2.24) is 4.90 Å². The number of hydrogen-bond acceptors (Lipinski definition) is 2. The molecule has 0 radical (unpaired) electrons. The molecule has 1 heterocycles. The van der Waals surface area contributed by atoms with E-state index in [0.29, 0.717) is 12.0 Å². The van der Waals surface area contributed by atoms with Crippen LogP contribution in [0.15, 0.2) is 0 Å². The van der Waals surface area contributed by atoms with Gasteiger partial charge in [-0.05, 0) is 45.1 Å². The summed E-state index contributed by atoms with van der Waals surface area (Å²) in [5.41, 5.74) is -0.558. The largest absolute Gasteiger partial charge is 0.480 e. The molecule has 2 fully saturated rings. The number of carboxylic acid groups (broad SMARTS) is 1. The highest BCUT2D eigenvalue weighted by Gasteiger charge is 2.48. The quantitative estimate of drug-likeness (QED) is 0.805. The summed E-state index contributed by atoms with van der Waals surface area (Å²) < 4.78 is 0. The molecule has 1 saturated carbocycles. The first-order valence-electron chi connectivity index (χ1n) is 7.06. The lowest BCUT2D eigenvalue weighted by atomic mass is 9.74. The van der Waals surface area contributed by atoms with Crippen molar-refractivity contribution in [2.24, 2.45) is 5.92 Å². The molecule has 1 aliphatic carbocycles. The number of nitrogens with zero attached hydrogens (tertiary/aromatic N) is 1. The van der Waals surface area contributed by atoms with Crippen molar-refractivity contribution in [3.05, 3.63) is 0 Å². The van der Waals surface area contributed by atoms with E-state index in [1.165, 1.54) is 12.8 Å². The van der Waals surface area contributed by atoms with Crippen LogP contribution in [0.3, 0.4) is 0 Å². The molecule has 0 spiro atoms. The summed E-state index contributed by atoms with van der Waals surface area (Å²) in [5, 5.41) is 9.73. The fourth-order valence-electron chi connectivity index (χ4n) is 3.84. The zero-order valence-corrected chi connectivity index (χ0v) is 11.1. The van der Waals surface area contributed by atoms with Crippen molar-refractivity contribution in [2.75, 3.05) is 6.54 Å². The van der Waals surface area contributed by atoms with Crippen molar-refractivity contribution in [2.45, 2.75) is 70.4 Å². The standard InChI is InChI=1S/C14H25NO2/c1-11-6-5-8-14(10-11,13(16)17)15-9-4-3-7-12(15)2/h11-12H,3-10H2,1-2H3,(H,16,17). The van der Waals surface area contributed by atoms with E-state index in [4.69, 9.17) is 0 Å². The first-order valence-corrected chi connectivity index (χ1v) is 7.06. The van der Waals surface area contributed by atoms with Crippen LogP contribution in [0.5, 0.6) is 0 Å². The van der Waals surface area contributed by atoms with E-state index in [2.05, 4.69) is 18.7 Å². The van der Waals surface area contributed by atoms with Crippen molar-refractivity contribution < 1.29 is 9.90 Å². The summed E-state index contributed by atoms with van der Waals surface area (Å²) in [4.78, 5) is 14.1. The number of piperidine rings is 1. The molecule has 0 aromatic rings. The van der Waals surface area contributed by atoms with Crippen LogP contribution in [0, 0.1) is 5.92 Å². The van der Waals surface area contributed by atoms with E-state index in [1.807, 2.05) is 0 Å². The normalized spacial score (nSPS) is 40.1. The summed E-state index contributed by atoms with van der Waals surface area (Å²) in [6.45, 7) is 5.37. The van der Waals surface area contributed by atoms with Crippen LogP contribution in [0.4, 0.5) is 0 Å². The van der Waals surface area contributed by atoms with Crippen molar-refractivity contribution >= 4 is 5.97 Å². The number of aliphatic carboxylic acids is 1. The molecule has 0 aromatic carbocycles. The fraction of sp³-hybridized carbons (Fsp3) is 0.929. The van der Waals surface area contributed by atoms with Gasteiger partial charge in [0.15, 0.2) is 0 Å². The third-order valence-electron chi connectivity index (χ3n) is 4.72. The SMILES string of the molecule is CC1CCCC(C(=O)O)(N2CCCCC2C)C1. The zero-order valence-electron chi connectivity index (χ0n) is 11.1. The van der Waals surface area contributed by atoms with Gasteiger partial charge in [0.1, 0.15) is 5.54 Å². The summed E-state index contributed by atoms with van der Waals surface area (Å²) in [5.74, 6) is -0.0354. The van der Waals surface area contributed by atoms with Gasteiger partial charge in [0.05, 0.1) is 0 Å². The highest BCUT2D eigenvalue weighted by atomic mass is 16.4. The Bertz CT molecular complexity index is 292. The smallest absolute Gasteiger partial charge is 0.324 e. The summed E-state index contributed by atoms with van der Waals surface area (Å²) in [6, 6.07) is 0.435. The molecule has 0 bridgehead atoms. The van der Waals surface area contributed by atoms with Gasteiger partial charge in [-0.25, -0.2) is 0 Å². The van der Waals surface area contributed by atoms with Gasteiger partial charge in [0.2, 0.25) is 0 Å². The average molecular weight is 239 g/mol. The molecular weight excluding hydrogens is 214 g/mol. The number of carbonyl (C=O) groups is 1. The van der Waals surface area contributed by atoms with Gasteiger partial charge in [-0.15, -0.1) is 0 Å². The third-order valence-corrected chi connectivity index (χ3v) is 4.72. The minimum absolute atomic E-state index is 0.435. The maximum atomic E-state index is 11.8. The van der Waals surface area contributed by atoms with Gasteiger partial charge in [0, 0.05) is 6.04 Å². The molecule has 3 nitrogen and oxygen atoms in total. The highest BCUT2D eigenvalue weighted by Crippen LogP contribution is 2.40. The number of carboxylic acids is 1. The van der Waals surface area contributed by atoms with Gasteiger partial charge in [-0.2, -0.15) is 0 Å². The van der Waals surface area contributed by atoms with Gasteiger partial charge < -0.3 is 5.11 Å². The molecule has 1 saturated heterocycles. The molecule has 0 amide bonds. The number of likely N-dealkylation sites (tertiary alicyclic amines) is 1. The summed E-state index contributed by atoms with van der Waals surface area (Å²) in [6.07, 6.45) is 7.51. The Morgan fingerprint density at radius 3 is 2.59 bits per heavy atom. The Balaban J connectivity index is 2.23. The Hall–Kier alpha value is -0.570. The van der Waals surface area contributed by atoms with E-state index < -0.39 is 11.5 Å². The molecule has 3 atom stereocenters. The molecule has 1 N–H and O–H groups in total. The van der Waals surface area contributed by atoms with E-state index >= 15 is 0 Å². The Kier molecular flexibility index (Phi) is 3.76. The zero-order chi connectivity index (χ0) is 12.5. The van der Waals surface area contributed by atoms with Gasteiger partial charge >= 0.3 is 5.97 Å². The van der Waals surface area contributed by atoms with Crippen LogP contribution in [0.1, 0.15) is 58.8 Å². The van der Waals surface area contributed by atoms with E-state index in [-0.39, 0.29) is 0 Å². The maximum Gasteiger partial charge on any atom is 0.324 e. The predicted octanol–water partition coefficient (Wildman–Crippen LogP) is 2.89. The van der Waals surface area contributed by atoms with Crippen LogP contribution in [0.25, 0.3) is 0 Å². The molecule has 2 aliphatic rings. The second kappa shape index (κ2) is 4.97. The van der Waals surface area contributed by atoms with Gasteiger partial charge in [-0.3, -0.25) is 9.69 Å². The lowest BCUT2D eigenvalue weighted by Gasteiger charge is -2.49. The van der Waals surface area contributed by atoms with E-state index in [0.717, 1.165) is 38.6 Å². The fourth-order valence-corrected chi connectivity index (χ4v) is 3.84. The maximum absolute atomic E-state index is 11.8. The molecule has 3 unspecified atom stereocenters. The van der Waals surface area contributed by atoms with Gasteiger partial charge in [0.25, 0.3) is 0 Å². The molecule has 3 heteroatoms. The summed E-state index contributed by atoms with van der Waals surface area (Å²) >= 11 is 0.